The number of nitrogens with one attached hydrogen (secondary N) is 2. The van der Waals surface area contributed by atoms with Gasteiger partial charge in [0.15, 0.2) is 5.96 Å². The van der Waals surface area contributed by atoms with Gasteiger partial charge in [0.25, 0.3) is 0 Å². The monoisotopic (exact) mass is 387 g/mol. The van der Waals surface area contributed by atoms with E-state index in [9.17, 15) is 0 Å². The van der Waals surface area contributed by atoms with Gasteiger partial charge in [-0.1, -0.05) is 31.2 Å². The quantitative estimate of drug-likeness (QED) is 0.527. The van der Waals surface area contributed by atoms with Crippen LogP contribution in [0.3, 0.4) is 0 Å². The van der Waals surface area contributed by atoms with Crippen LogP contribution in [0.4, 0.5) is 0 Å². The highest BCUT2D eigenvalue weighted by Crippen LogP contribution is 2.15. The Bertz CT molecular complexity index is 615. The summed E-state index contributed by atoms with van der Waals surface area (Å²) in [5, 5.41) is 6.96. The molecule has 1 aromatic rings. The Kier molecular flexibility index (Phi) is 8.58. The molecule has 0 saturated carbocycles. The van der Waals surface area contributed by atoms with E-state index in [1.54, 1.807) is 0 Å². The summed E-state index contributed by atoms with van der Waals surface area (Å²) in [6.07, 6.45) is 1.28. The smallest absolute Gasteiger partial charge is 0.191 e. The standard InChI is InChI=1S/C22H37N5O/c1-3-23-22(24-15-19-9-10-26(4-2)17-19)25-16-20-7-5-6-8-21(20)18-27-11-13-28-14-12-27/h5-8,19H,3-4,9-18H2,1-2H3,(H2,23,24,25). The van der Waals surface area contributed by atoms with E-state index >= 15 is 0 Å². The van der Waals surface area contributed by atoms with Gasteiger partial charge in [-0.2, -0.15) is 0 Å². The summed E-state index contributed by atoms with van der Waals surface area (Å²) in [4.78, 5) is 9.87. The van der Waals surface area contributed by atoms with Crippen LogP contribution in [0.25, 0.3) is 0 Å². The maximum absolute atomic E-state index is 5.47. The fraction of sp³-hybridized carbons (Fsp3) is 0.682. The largest absolute Gasteiger partial charge is 0.379 e. The zero-order chi connectivity index (χ0) is 19.6. The van der Waals surface area contributed by atoms with Gasteiger partial charge in [0.2, 0.25) is 0 Å². The lowest BCUT2D eigenvalue weighted by Gasteiger charge is -2.27. The first-order valence-corrected chi connectivity index (χ1v) is 10.9. The highest BCUT2D eigenvalue weighted by atomic mass is 16.5. The number of ether oxygens (including phenoxy) is 1. The van der Waals surface area contributed by atoms with Crippen LogP contribution in [0.1, 0.15) is 31.4 Å². The molecule has 6 nitrogen and oxygen atoms in total. The highest BCUT2D eigenvalue weighted by molar-refractivity contribution is 5.79. The van der Waals surface area contributed by atoms with Crippen molar-refractivity contribution >= 4 is 5.96 Å². The minimum Gasteiger partial charge on any atom is -0.379 e. The van der Waals surface area contributed by atoms with Gasteiger partial charge in [0.1, 0.15) is 0 Å². The number of benzene rings is 1. The van der Waals surface area contributed by atoms with Gasteiger partial charge in [-0.05, 0) is 43.5 Å². The molecule has 3 rings (SSSR count). The minimum absolute atomic E-state index is 0.710. The zero-order valence-corrected chi connectivity index (χ0v) is 17.6. The molecule has 2 N–H and O–H groups in total. The number of guanidine groups is 1. The zero-order valence-electron chi connectivity index (χ0n) is 17.6. The van der Waals surface area contributed by atoms with Gasteiger partial charge in [-0.15, -0.1) is 0 Å². The van der Waals surface area contributed by atoms with Crippen LogP contribution in [0.5, 0.6) is 0 Å². The van der Waals surface area contributed by atoms with Crippen LogP contribution in [0.15, 0.2) is 29.3 Å². The number of rotatable bonds is 8. The average Bonchev–Trinajstić information content (AvgIpc) is 3.20. The van der Waals surface area contributed by atoms with Crippen molar-refractivity contribution in [2.75, 3.05) is 59.0 Å². The first-order valence-electron chi connectivity index (χ1n) is 10.9. The summed E-state index contributed by atoms with van der Waals surface area (Å²) in [6.45, 7) is 15.2. The molecule has 2 aliphatic rings. The van der Waals surface area contributed by atoms with Crippen molar-refractivity contribution in [1.29, 1.82) is 0 Å². The van der Waals surface area contributed by atoms with Crippen LogP contribution in [0, 0.1) is 5.92 Å². The third-order valence-electron chi connectivity index (χ3n) is 5.74. The van der Waals surface area contributed by atoms with Gasteiger partial charge in [-0.25, -0.2) is 4.99 Å². The third kappa shape index (κ3) is 6.47. The molecule has 28 heavy (non-hydrogen) atoms. The Balaban J connectivity index is 1.56. The molecule has 2 aliphatic heterocycles. The van der Waals surface area contributed by atoms with E-state index < -0.39 is 0 Å². The van der Waals surface area contributed by atoms with Crippen LogP contribution in [-0.2, 0) is 17.8 Å². The maximum atomic E-state index is 5.47. The average molecular weight is 388 g/mol. The molecule has 0 radical (unpaired) electrons. The normalized spacial score (nSPS) is 21.8. The Morgan fingerprint density at radius 2 is 1.86 bits per heavy atom. The van der Waals surface area contributed by atoms with Gasteiger partial charge in [0.05, 0.1) is 19.8 Å². The molecule has 0 aliphatic carbocycles. The van der Waals surface area contributed by atoms with Crippen molar-refractivity contribution in [3.05, 3.63) is 35.4 Å². The minimum atomic E-state index is 0.710. The number of nitrogens with zero attached hydrogens (tertiary/aromatic N) is 3. The van der Waals surface area contributed by atoms with E-state index in [-0.39, 0.29) is 0 Å². The first-order chi connectivity index (χ1) is 13.8. The Hall–Kier alpha value is -1.63. The molecule has 0 spiro atoms. The molecule has 6 heteroatoms. The summed E-state index contributed by atoms with van der Waals surface area (Å²) in [6, 6.07) is 8.69. The number of hydrogen-bond acceptors (Lipinski definition) is 4. The van der Waals surface area contributed by atoms with Crippen LogP contribution in [0.2, 0.25) is 0 Å². The molecule has 1 atom stereocenters. The molecule has 0 amide bonds. The molecule has 2 saturated heterocycles. The summed E-state index contributed by atoms with van der Waals surface area (Å²) in [7, 11) is 0. The predicted octanol–water partition coefficient (Wildman–Crippen LogP) is 1.92. The Labute approximate surface area is 170 Å². The van der Waals surface area contributed by atoms with E-state index in [0.717, 1.165) is 64.4 Å². The molecule has 0 bridgehead atoms. The van der Waals surface area contributed by atoms with Gasteiger partial charge >= 0.3 is 0 Å². The van der Waals surface area contributed by atoms with Gasteiger partial charge in [0, 0.05) is 39.3 Å². The number of aliphatic imine (C=N–C) groups is 1. The summed E-state index contributed by atoms with van der Waals surface area (Å²) in [5.41, 5.74) is 2.68. The summed E-state index contributed by atoms with van der Waals surface area (Å²) in [5.74, 6) is 1.65. The van der Waals surface area contributed by atoms with E-state index in [0.29, 0.717) is 6.54 Å². The predicted molar refractivity (Wildman–Crippen MR) is 116 cm³/mol. The SMILES string of the molecule is CCNC(=NCc1ccccc1CN1CCOCC1)NCC1CCN(CC)C1. The lowest BCUT2D eigenvalue weighted by atomic mass is 10.1. The highest BCUT2D eigenvalue weighted by Gasteiger charge is 2.21. The topological polar surface area (TPSA) is 52.1 Å². The maximum Gasteiger partial charge on any atom is 0.191 e. The first kappa shape index (κ1) is 21.1. The molecule has 0 aromatic heterocycles. The van der Waals surface area contributed by atoms with Crippen LogP contribution >= 0.6 is 0 Å². The Morgan fingerprint density at radius 3 is 2.57 bits per heavy atom. The number of morpholine rings is 1. The summed E-state index contributed by atoms with van der Waals surface area (Å²) >= 11 is 0. The lowest BCUT2D eigenvalue weighted by Crippen LogP contribution is -2.40. The third-order valence-corrected chi connectivity index (χ3v) is 5.74. The fourth-order valence-electron chi connectivity index (χ4n) is 3.98. The molecule has 2 heterocycles. The number of likely N-dealkylation sites (tertiary alicyclic amines) is 1. The molecular weight excluding hydrogens is 350 g/mol. The van der Waals surface area contributed by atoms with Crippen molar-refractivity contribution in [1.82, 2.24) is 20.4 Å². The Morgan fingerprint density at radius 1 is 1.07 bits per heavy atom. The van der Waals surface area contributed by atoms with Crippen molar-refractivity contribution in [3.63, 3.8) is 0 Å². The van der Waals surface area contributed by atoms with Crippen molar-refractivity contribution < 1.29 is 4.74 Å². The van der Waals surface area contributed by atoms with Gasteiger partial charge in [-0.3, -0.25) is 4.90 Å². The lowest BCUT2D eigenvalue weighted by molar-refractivity contribution is 0.0341. The second-order valence-electron chi connectivity index (χ2n) is 7.78. The van der Waals surface area contributed by atoms with E-state index in [1.165, 1.54) is 30.6 Å². The molecule has 1 aromatic carbocycles. The molecule has 156 valence electrons. The second kappa shape index (κ2) is 11.4. The van der Waals surface area contributed by atoms with E-state index in [1.807, 2.05) is 0 Å². The number of hydrogen-bond donors (Lipinski definition) is 2. The second-order valence-corrected chi connectivity index (χ2v) is 7.78. The molecule has 2 fully saturated rings. The molecular formula is C22H37N5O. The van der Waals surface area contributed by atoms with E-state index in [4.69, 9.17) is 9.73 Å². The van der Waals surface area contributed by atoms with Crippen LogP contribution in [-0.4, -0.2) is 74.8 Å². The molecule has 1 unspecified atom stereocenters. The summed E-state index contributed by atoms with van der Waals surface area (Å²) < 4.78 is 5.47. The van der Waals surface area contributed by atoms with Crippen molar-refractivity contribution in [3.8, 4) is 0 Å². The van der Waals surface area contributed by atoms with Gasteiger partial charge < -0.3 is 20.3 Å². The van der Waals surface area contributed by atoms with E-state index in [2.05, 4.69) is 58.5 Å². The fourth-order valence-corrected chi connectivity index (χ4v) is 3.98. The van der Waals surface area contributed by atoms with Crippen LogP contribution < -0.4 is 10.6 Å². The van der Waals surface area contributed by atoms with Crippen molar-refractivity contribution in [2.45, 2.75) is 33.4 Å². The van der Waals surface area contributed by atoms with Crippen molar-refractivity contribution in [2.24, 2.45) is 10.9 Å².